The van der Waals surface area contributed by atoms with Crippen LogP contribution in [0.5, 0.6) is 0 Å². The average molecular weight is 170 g/mol. The van der Waals surface area contributed by atoms with Crippen LogP contribution in [0.4, 0.5) is 0 Å². The van der Waals surface area contributed by atoms with Crippen LogP contribution in [-0.4, -0.2) is 31.1 Å². The molecule has 0 aromatic carbocycles. The van der Waals surface area contributed by atoms with Gasteiger partial charge in [-0.2, -0.15) is 0 Å². The minimum absolute atomic E-state index is 0.741. The second kappa shape index (κ2) is 4.24. The quantitative estimate of drug-likeness (QED) is 0.677. The number of hydrogen-bond donors (Lipinski definition) is 1. The van der Waals surface area contributed by atoms with Gasteiger partial charge < -0.3 is 10.6 Å². The summed E-state index contributed by atoms with van der Waals surface area (Å²) in [5.74, 6) is 1.53. The summed E-state index contributed by atoms with van der Waals surface area (Å²) in [7, 11) is 2.23. The Morgan fingerprint density at radius 1 is 1.42 bits per heavy atom. The zero-order valence-corrected chi connectivity index (χ0v) is 8.59. The maximum Gasteiger partial charge on any atom is 0.0115 e. The van der Waals surface area contributed by atoms with E-state index in [-0.39, 0.29) is 0 Å². The van der Waals surface area contributed by atoms with Gasteiger partial charge in [0, 0.05) is 12.6 Å². The molecule has 1 rings (SSSR count). The van der Waals surface area contributed by atoms with E-state index in [1.54, 1.807) is 0 Å². The molecule has 1 aliphatic heterocycles. The van der Waals surface area contributed by atoms with Crippen LogP contribution in [-0.2, 0) is 0 Å². The predicted molar refractivity (Wildman–Crippen MR) is 53.0 cm³/mol. The normalized spacial score (nSPS) is 32.8. The number of rotatable bonds is 2. The van der Waals surface area contributed by atoms with E-state index in [0.717, 1.165) is 24.4 Å². The molecule has 1 saturated heterocycles. The van der Waals surface area contributed by atoms with Crippen molar-refractivity contribution < 1.29 is 0 Å². The Morgan fingerprint density at radius 3 is 2.50 bits per heavy atom. The molecular formula is C10H22N2. The molecule has 12 heavy (non-hydrogen) atoms. The lowest BCUT2D eigenvalue weighted by Crippen LogP contribution is -2.45. The SMILES string of the molecule is CC(C)C1CCC(CN)CN1C. The number of hydrogen-bond acceptors (Lipinski definition) is 2. The number of likely N-dealkylation sites (tertiary alicyclic amines) is 1. The van der Waals surface area contributed by atoms with Gasteiger partial charge in [-0.05, 0) is 38.3 Å². The highest BCUT2D eigenvalue weighted by Crippen LogP contribution is 2.24. The summed E-state index contributed by atoms with van der Waals surface area (Å²) >= 11 is 0. The monoisotopic (exact) mass is 170 g/mol. The molecule has 2 heteroatoms. The zero-order valence-electron chi connectivity index (χ0n) is 8.59. The van der Waals surface area contributed by atoms with Gasteiger partial charge in [0.1, 0.15) is 0 Å². The molecule has 1 heterocycles. The Morgan fingerprint density at radius 2 is 2.08 bits per heavy atom. The number of nitrogens with two attached hydrogens (primary N) is 1. The van der Waals surface area contributed by atoms with Gasteiger partial charge in [-0.15, -0.1) is 0 Å². The highest BCUT2D eigenvalue weighted by Gasteiger charge is 2.26. The summed E-state index contributed by atoms with van der Waals surface area (Å²) in [6, 6.07) is 0.785. The third-order valence-corrected chi connectivity index (χ3v) is 3.09. The van der Waals surface area contributed by atoms with Gasteiger partial charge in [0.15, 0.2) is 0 Å². The number of piperidine rings is 1. The predicted octanol–water partition coefficient (Wildman–Crippen LogP) is 1.31. The fraction of sp³-hybridized carbons (Fsp3) is 1.00. The molecule has 1 fully saturated rings. The Bertz CT molecular complexity index is 134. The third kappa shape index (κ3) is 2.20. The first-order valence-electron chi connectivity index (χ1n) is 5.05. The molecule has 0 radical (unpaired) electrons. The first kappa shape index (κ1) is 10.0. The van der Waals surface area contributed by atoms with Gasteiger partial charge in [0.05, 0.1) is 0 Å². The standard InChI is InChI=1S/C10H22N2/c1-8(2)10-5-4-9(6-11)7-12(10)3/h8-10H,4-7,11H2,1-3H3. The van der Waals surface area contributed by atoms with Crippen LogP contribution in [0.1, 0.15) is 26.7 Å². The Kier molecular flexibility index (Phi) is 3.53. The first-order chi connectivity index (χ1) is 5.65. The van der Waals surface area contributed by atoms with Gasteiger partial charge in [-0.25, -0.2) is 0 Å². The molecule has 2 atom stereocenters. The Balaban J connectivity index is 2.42. The van der Waals surface area contributed by atoms with Crippen LogP contribution < -0.4 is 5.73 Å². The largest absolute Gasteiger partial charge is 0.330 e. The third-order valence-electron chi connectivity index (χ3n) is 3.09. The van der Waals surface area contributed by atoms with Crippen LogP contribution in [0.25, 0.3) is 0 Å². The highest BCUT2D eigenvalue weighted by atomic mass is 15.1. The zero-order chi connectivity index (χ0) is 9.14. The fourth-order valence-electron chi connectivity index (χ4n) is 2.30. The van der Waals surface area contributed by atoms with Gasteiger partial charge in [-0.1, -0.05) is 13.8 Å². The topological polar surface area (TPSA) is 29.3 Å². The molecule has 0 aromatic rings. The smallest absolute Gasteiger partial charge is 0.0115 e. The van der Waals surface area contributed by atoms with Gasteiger partial charge in [0.25, 0.3) is 0 Å². The summed E-state index contributed by atoms with van der Waals surface area (Å²) in [6.45, 7) is 6.67. The molecule has 0 bridgehead atoms. The number of nitrogens with zero attached hydrogens (tertiary/aromatic N) is 1. The van der Waals surface area contributed by atoms with Crippen LogP contribution in [0.15, 0.2) is 0 Å². The van der Waals surface area contributed by atoms with Gasteiger partial charge in [-0.3, -0.25) is 0 Å². The molecule has 2 N–H and O–H groups in total. The minimum Gasteiger partial charge on any atom is -0.330 e. The molecule has 2 unspecified atom stereocenters. The van der Waals surface area contributed by atoms with Crippen molar-refractivity contribution in [2.75, 3.05) is 20.1 Å². The molecule has 2 nitrogen and oxygen atoms in total. The Labute approximate surface area is 76.1 Å². The van der Waals surface area contributed by atoms with E-state index < -0.39 is 0 Å². The van der Waals surface area contributed by atoms with Crippen molar-refractivity contribution in [3.05, 3.63) is 0 Å². The lowest BCUT2D eigenvalue weighted by Gasteiger charge is -2.39. The first-order valence-corrected chi connectivity index (χ1v) is 5.05. The maximum atomic E-state index is 5.66. The summed E-state index contributed by atoms with van der Waals surface area (Å²) in [4.78, 5) is 2.48. The lowest BCUT2D eigenvalue weighted by atomic mass is 9.88. The maximum absolute atomic E-state index is 5.66. The van der Waals surface area contributed by atoms with Crippen molar-refractivity contribution in [3.63, 3.8) is 0 Å². The summed E-state index contributed by atoms with van der Waals surface area (Å²) in [5.41, 5.74) is 5.66. The second-order valence-electron chi connectivity index (χ2n) is 4.43. The van der Waals surface area contributed by atoms with Crippen molar-refractivity contribution in [2.45, 2.75) is 32.7 Å². The van der Waals surface area contributed by atoms with Crippen LogP contribution in [0, 0.1) is 11.8 Å². The van der Waals surface area contributed by atoms with Crippen molar-refractivity contribution in [2.24, 2.45) is 17.6 Å². The molecule has 0 aliphatic carbocycles. The average Bonchev–Trinajstić information content (AvgIpc) is 2.03. The van der Waals surface area contributed by atoms with E-state index in [1.807, 2.05) is 0 Å². The summed E-state index contributed by atoms with van der Waals surface area (Å²) in [6.07, 6.45) is 2.65. The van der Waals surface area contributed by atoms with E-state index in [1.165, 1.54) is 19.4 Å². The van der Waals surface area contributed by atoms with Crippen LogP contribution >= 0.6 is 0 Å². The second-order valence-corrected chi connectivity index (χ2v) is 4.43. The van der Waals surface area contributed by atoms with E-state index in [0.29, 0.717) is 0 Å². The molecular weight excluding hydrogens is 148 g/mol. The van der Waals surface area contributed by atoms with Crippen molar-refractivity contribution in [1.82, 2.24) is 4.90 Å². The highest BCUT2D eigenvalue weighted by molar-refractivity contribution is 4.81. The molecule has 1 aliphatic rings. The minimum atomic E-state index is 0.741. The van der Waals surface area contributed by atoms with Crippen molar-refractivity contribution >= 4 is 0 Å². The van der Waals surface area contributed by atoms with E-state index in [2.05, 4.69) is 25.8 Å². The lowest BCUT2D eigenvalue weighted by molar-refractivity contribution is 0.108. The molecule has 0 spiro atoms. The van der Waals surface area contributed by atoms with E-state index in [4.69, 9.17) is 5.73 Å². The molecule has 0 aromatic heterocycles. The summed E-state index contributed by atoms with van der Waals surface area (Å²) in [5, 5.41) is 0. The molecule has 0 saturated carbocycles. The van der Waals surface area contributed by atoms with Crippen LogP contribution in [0.3, 0.4) is 0 Å². The summed E-state index contributed by atoms with van der Waals surface area (Å²) < 4.78 is 0. The van der Waals surface area contributed by atoms with Crippen molar-refractivity contribution in [3.8, 4) is 0 Å². The van der Waals surface area contributed by atoms with Gasteiger partial charge >= 0.3 is 0 Å². The Hall–Kier alpha value is -0.0800. The molecule has 0 amide bonds. The van der Waals surface area contributed by atoms with Crippen LogP contribution in [0.2, 0.25) is 0 Å². The van der Waals surface area contributed by atoms with Gasteiger partial charge in [0.2, 0.25) is 0 Å². The van der Waals surface area contributed by atoms with Crippen molar-refractivity contribution in [1.29, 1.82) is 0 Å². The van der Waals surface area contributed by atoms with E-state index >= 15 is 0 Å². The molecule has 72 valence electrons. The van der Waals surface area contributed by atoms with E-state index in [9.17, 15) is 0 Å². The fourth-order valence-corrected chi connectivity index (χ4v) is 2.30.